The second kappa shape index (κ2) is 5.28. The number of hydrogen-bond acceptors (Lipinski definition) is 3. The van der Waals surface area contributed by atoms with Crippen molar-refractivity contribution >= 4 is 15.7 Å². The van der Waals surface area contributed by atoms with Crippen LogP contribution < -0.4 is 5.32 Å². The summed E-state index contributed by atoms with van der Waals surface area (Å²) in [4.78, 5) is 11.7. The van der Waals surface area contributed by atoms with Gasteiger partial charge in [0.25, 0.3) is 0 Å². The van der Waals surface area contributed by atoms with Crippen LogP contribution >= 0.6 is 0 Å². The van der Waals surface area contributed by atoms with Gasteiger partial charge >= 0.3 is 0 Å². The van der Waals surface area contributed by atoms with Crippen LogP contribution in [0.15, 0.2) is 24.3 Å². The Bertz CT molecular complexity index is 581. The van der Waals surface area contributed by atoms with Gasteiger partial charge in [-0.15, -0.1) is 0 Å². The average molecular weight is 285 g/mol. The number of carbonyl (C=O) groups is 1. The molecule has 0 aromatic heterocycles. The molecule has 1 fully saturated rings. The Morgan fingerprint density at radius 3 is 2.74 bits per heavy atom. The van der Waals surface area contributed by atoms with Gasteiger partial charge in [0, 0.05) is 6.04 Å². The standard InChI is InChI=1S/C13H16FNO3S/c1-9(13(16)15-12-5-6-12)19(17,18)8-10-3-2-4-11(14)7-10/h2-4,7,9,12H,5-6,8H2,1H3,(H,15,16)/t9-/m1/s1. The lowest BCUT2D eigenvalue weighted by atomic mass is 10.2. The molecular weight excluding hydrogens is 269 g/mol. The summed E-state index contributed by atoms with van der Waals surface area (Å²) in [6, 6.07) is 5.53. The normalized spacial score (nSPS) is 16.9. The Balaban J connectivity index is 2.06. The molecule has 19 heavy (non-hydrogen) atoms. The molecule has 0 saturated heterocycles. The van der Waals surface area contributed by atoms with Crippen molar-refractivity contribution in [2.75, 3.05) is 0 Å². The minimum atomic E-state index is -3.63. The minimum absolute atomic E-state index is 0.124. The van der Waals surface area contributed by atoms with Crippen LogP contribution in [0.5, 0.6) is 0 Å². The van der Waals surface area contributed by atoms with E-state index in [2.05, 4.69) is 5.32 Å². The smallest absolute Gasteiger partial charge is 0.238 e. The van der Waals surface area contributed by atoms with Gasteiger partial charge in [-0.2, -0.15) is 0 Å². The Hall–Kier alpha value is -1.43. The third-order valence-corrected chi connectivity index (χ3v) is 5.12. The molecule has 0 aliphatic heterocycles. The van der Waals surface area contributed by atoms with Crippen molar-refractivity contribution < 1.29 is 17.6 Å². The van der Waals surface area contributed by atoms with Crippen LogP contribution in [0.3, 0.4) is 0 Å². The molecule has 1 aliphatic rings. The summed E-state index contributed by atoms with van der Waals surface area (Å²) in [6.07, 6.45) is 1.81. The van der Waals surface area contributed by atoms with Gasteiger partial charge in [0.1, 0.15) is 11.1 Å². The van der Waals surface area contributed by atoms with E-state index >= 15 is 0 Å². The first kappa shape index (κ1) is 14.0. The lowest BCUT2D eigenvalue weighted by Crippen LogP contribution is -2.39. The van der Waals surface area contributed by atoms with Gasteiger partial charge in [0.15, 0.2) is 9.84 Å². The summed E-state index contributed by atoms with van der Waals surface area (Å²) in [5.74, 6) is -1.29. The lowest BCUT2D eigenvalue weighted by Gasteiger charge is -2.13. The number of halogens is 1. The summed E-state index contributed by atoms with van der Waals surface area (Å²) in [7, 11) is -3.63. The zero-order valence-corrected chi connectivity index (χ0v) is 11.4. The number of sulfone groups is 1. The van der Waals surface area contributed by atoms with E-state index in [9.17, 15) is 17.6 Å². The fourth-order valence-electron chi connectivity index (χ4n) is 1.69. The molecule has 0 unspecified atom stereocenters. The van der Waals surface area contributed by atoms with Crippen LogP contribution in [0, 0.1) is 5.82 Å². The molecular formula is C13H16FNO3S. The maximum atomic E-state index is 13.0. The molecule has 0 bridgehead atoms. The summed E-state index contributed by atoms with van der Waals surface area (Å²) in [6.45, 7) is 1.37. The van der Waals surface area contributed by atoms with E-state index in [1.165, 1.54) is 31.2 Å². The molecule has 0 heterocycles. The van der Waals surface area contributed by atoms with E-state index in [0.29, 0.717) is 5.56 Å². The van der Waals surface area contributed by atoms with E-state index in [-0.39, 0.29) is 11.8 Å². The maximum absolute atomic E-state index is 13.0. The highest BCUT2D eigenvalue weighted by Crippen LogP contribution is 2.20. The third-order valence-electron chi connectivity index (χ3n) is 3.09. The van der Waals surface area contributed by atoms with Crippen LogP contribution in [0.1, 0.15) is 25.3 Å². The average Bonchev–Trinajstić information content (AvgIpc) is 3.11. The van der Waals surface area contributed by atoms with Gasteiger partial charge in [-0.3, -0.25) is 4.79 Å². The lowest BCUT2D eigenvalue weighted by molar-refractivity contribution is -0.120. The van der Waals surface area contributed by atoms with Crippen molar-refractivity contribution in [2.24, 2.45) is 0 Å². The number of benzene rings is 1. The summed E-state index contributed by atoms with van der Waals surface area (Å²) >= 11 is 0. The zero-order chi connectivity index (χ0) is 14.0. The third kappa shape index (κ3) is 3.76. The Labute approximate surface area is 111 Å². The van der Waals surface area contributed by atoms with E-state index in [0.717, 1.165) is 12.8 Å². The fraction of sp³-hybridized carbons (Fsp3) is 0.462. The summed E-state index contributed by atoms with van der Waals surface area (Å²) < 4.78 is 37.2. The van der Waals surface area contributed by atoms with Crippen molar-refractivity contribution in [3.63, 3.8) is 0 Å². The van der Waals surface area contributed by atoms with E-state index in [4.69, 9.17) is 0 Å². The van der Waals surface area contributed by atoms with Crippen LogP contribution in [0.25, 0.3) is 0 Å². The van der Waals surface area contributed by atoms with E-state index < -0.39 is 26.8 Å². The molecule has 104 valence electrons. The van der Waals surface area contributed by atoms with Gasteiger partial charge in [-0.05, 0) is 37.5 Å². The Morgan fingerprint density at radius 1 is 1.47 bits per heavy atom. The van der Waals surface area contributed by atoms with Crippen molar-refractivity contribution in [1.29, 1.82) is 0 Å². The van der Waals surface area contributed by atoms with Crippen LogP contribution in [0.4, 0.5) is 4.39 Å². The highest BCUT2D eigenvalue weighted by molar-refractivity contribution is 7.92. The van der Waals surface area contributed by atoms with Crippen molar-refractivity contribution in [3.05, 3.63) is 35.6 Å². The zero-order valence-electron chi connectivity index (χ0n) is 10.6. The van der Waals surface area contributed by atoms with E-state index in [1.54, 1.807) is 0 Å². The first-order chi connectivity index (χ1) is 8.88. The first-order valence-electron chi connectivity index (χ1n) is 6.15. The first-order valence-corrected chi connectivity index (χ1v) is 7.86. The fourth-order valence-corrected chi connectivity index (χ4v) is 2.98. The molecule has 0 radical (unpaired) electrons. The van der Waals surface area contributed by atoms with Crippen LogP contribution in [-0.2, 0) is 20.4 Å². The molecule has 1 N–H and O–H groups in total. The van der Waals surface area contributed by atoms with Gasteiger partial charge in [0.05, 0.1) is 5.75 Å². The molecule has 1 amide bonds. The van der Waals surface area contributed by atoms with Crippen molar-refractivity contribution in [1.82, 2.24) is 5.32 Å². The number of hydrogen-bond donors (Lipinski definition) is 1. The van der Waals surface area contributed by atoms with Crippen LogP contribution in [-0.4, -0.2) is 25.6 Å². The van der Waals surface area contributed by atoms with E-state index in [1.807, 2.05) is 0 Å². The largest absolute Gasteiger partial charge is 0.352 e. The minimum Gasteiger partial charge on any atom is -0.352 e. The summed E-state index contributed by atoms with van der Waals surface area (Å²) in [5.41, 5.74) is 0.353. The molecule has 6 heteroatoms. The molecule has 2 rings (SSSR count). The number of carbonyl (C=O) groups excluding carboxylic acids is 1. The van der Waals surface area contributed by atoms with Gasteiger partial charge in [-0.1, -0.05) is 12.1 Å². The summed E-state index contributed by atoms with van der Waals surface area (Å²) in [5, 5.41) is 1.55. The number of rotatable bonds is 5. The predicted molar refractivity (Wildman–Crippen MR) is 69.7 cm³/mol. The maximum Gasteiger partial charge on any atom is 0.238 e. The molecule has 1 aromatic rings. The highest BCUT2D eigenvalue weighted by Gasteiger charge is 2.32. The predicted octanol–water partition coefficient (Wildman–Crippen LogP) is 1.41. The Morgan fingerprint density at radius 2 is 2.16 bits per heavy atom. The van der Waals surface area contributed by atoms with Crippen LogP contribution in [0.2, 0.25) is 0 Å². The highest BCUT2D eigenvalue weighted by atomic mass is 32.2. The Kier molecular flexibility index (Phi) is 3.89. The van der Waals surface area contributed by atoms with Crippen molar-refractivity contribution in [2.45, 2.75) is 36.8 Å². The quantitative estimate of drug-likeness (QED) is 0.889. The van der Waals surface area contributed by atoms with Gasteiger partial charge < -0.3 is 5.32 Å². The monoisotopic (exact) mass is 285 g/mol. The molecule has 1 aromatic carbocycles. The topological polar surface area (TPSA) is 63.2 Å². The number of amides is 1. The number of nitrogens with one attached hydrogen (secondary N) is 1. The molecule has 1 atom stereocenters. The molecule has 0 spiro atoms. The van der Waals surface area contributed by atoms with Gasteiger partial charge in [-0.25, -0.2) is 12.8 Å². The molecule has 1 saturated carbocycles. The van der Waals surface area contributed by atoms with Crippen molar-refractivity contribution in [3.8, 4) is 0 Å². The molecule has 1 aliphatic carbocycles. The van der Waals surface area contributed by atoms with Gasteiger partial charge in [0.2, 0.25) is 5.91 Å². The molecule has 4 nitrogen and oxygen atoms in total. The SMILES string of the molecule is C[C@H](C(=O)NC1CC1)S(=O)(=O)Cc1cccc(F)c1. The second-order valence-electron chi connectivity index (χ2n) is 4.86. The second-order valence-corrected chi connectivity index (χ2v) is 7.18.